The van der Waals surface area contributed by atoms with Crippen LogP contribution >= 0.6 is 0 Å². The van der Waals surface area contributed by atoms with Crippen molar-refractivity contribution in [3.05, 3.63) is 95.6 Å². The summed E-state index contributed by atoms with van der Waals surface area (Å²) < 4.78 is 5.54. The first-order valence-electron chi connectivity index (χ1n) is 11.3. The van der Waals surface area contributed by atoms with E-state index in [1.807, 2.05) is 30.3 Å². The van der Waals surface area contributed by atoms with E-state index in [9.17, 15) is 14.4 Å². The molecule has 1 aliphatic heterocycles. The normalized spacial score (nSPS) is 14.9. The van der Waals surface area contributed by atoms with Crippen LogP contribution in [0.1, 0.15) is 39.1 Å². The second kappa shape index (κ2) is 11.2. The topological polar surface area (TPSA) is 96.5 Å². The van der Waals surface area contributed by atoms with Gasteiger partial charge in [-0.1, -0.05) is 42.5 Å². The van der Waals surface area contributed by atoms with Gasteiger partial charge in [-0.25, -0.2) is 0 Å². The zero-order chi connectivity index (χ0) is 23.8. The highest BCUT2D eigenvalue weighted by Gasteiger charge is 2.19. The van der Waals surface area contributed by atoms with E-state index in [1.54, 1.807) is 48.5 Å². The van der Waals surface area contributed by atoms with Gasteiger partial charge in [0.25, 0.3) is 11.8 Å². The summed E-state index contributed by atoms with van der Waals surface area (Å²) in [7, 11) is 0. The Morgan fingerprint density at radius 1 is 0.824 bits per heavy atom. The van der Waals surface area contributed by atoms with Crippen molar-refractivity contribution in [2.24, 2.45) is 0 Å². The molecule has 0 saturated carbocycles. The summed E-state index contributed by atoms with van der Waals surface area (Å²) in [6.45, 7) is 1.17. The van der Waals surface area contributed by atoms with Crippen molar-refractivity contribution in [1.29, 1.82) is 0 Å². The minimum Gasteiger partial charge on any atom is -0.376 e. The first-order chi connectivity index (χ1) is 16.6. The first kappa shape index (κ1) is 23.2. The standard InChI is InChI=1S/C27H27N3O4/c31-25(17-19-7-2-1-3-8-19)29-21-14-12-20(13-15-21)26(32)30-24-11-5-4-10-23(24)27(33)28-18-22-9-6-16-34-22/h1-5,7-8,10-15,22H,6,9,16-18H2,(H,28,33)(H,29,31)(H,30,32). The summed E-state index contributed by atoms with van der Waals surface area (Å²) in [6.07, 6.45) is 2.25. The van der Waals surface area contributed by atoms with E-state index in [2.05, 4.69) is 16.0 Å². The van der Waals surface area contributed by atoms with Gasteiger partial charge >= 0.3 is 0 Å². The van der Waals surface area contributed by atoms with E-state index in [4.69, 9.17) is 4.74 Å². The lowest BCUT2D eigenvalue weighted by atomic mass is 10.1. The molecular formula is C27H27N3O4. The highest BCUT2D eigenvalue weighted by Crippen LogP contribution is 2.18. The molecule has 0 radical (unpaired) electrons. The van der Waals surface area contributed by atoms with Crippen LogP contribution in [0.25, 0.3) is 0 Å². The molecule has 7 nitrogen and oxygen atoms in total. The second-order valence-electron chi connectivity index (χ2n) is 8.13. The molecule has 1 heterocycles. The van der Waals surface area contributed by atoms with Crippen molar-refractivity contribution >= 4 is 29.1 Å². The van der Waals surface area contributed by atoms with Crippen molar-refractivity contribution in [3.63, 3.8) is 0 Å². The van der Waals surface area contributed by atoms with Gasteiger partial charge in [-0.15, -0.1) is 0 Å². The Bertz CT molecular complexity index is 1140. The Hall–Kier alpha value is -3.97. The third-order valence-electron chi connectivity index (χ3n) is 5.57. The van der Waals surface area contributed by atoms with Crippen LogP contribution in [-0.2, 0) is 16.0 Å². The zero-order valence-corrected chi connectivity index (χ0v) is 18.8. The molecule has 1 saturated heterocycles. The quantitative estimate of drug-likeness (QED) is 0.476. The van der Waals surface area contributed by atoms with Gasteiger partial charge in [0.2, 0.25) is 5.91 Å². The van der Waals surface area contributed by atoms with Gasteiger partial charge in [-0.2, -0.15) is 0 Å². The third-order valence-corrected chi connectivity index (χ3v) is 5.57. The third kappa shape index (κ3) is 6.30. The number of carbonyl (C=O) groups excluding carboxylic acids is 3. The summed E-state index contributed by atoms with van der Waals surface area (Å²) in [6, 6.07) is 23.0. The first-order valence-corrected chi connectivity index (χ1v) is 11.3. The lowest BCUT2D eigenvalue weighted by Gasteiger charge is -2.14. The Kier molecular flexibility index (Phi) is 7.67. The maximum Gasteiger partial charge on any atom is 0.255 e. The molecule has 7 heteroatoms. The van der Waals surface area contributed by atoms with Crippen LogP contribution in [0.3, 0.4) is 0 Å². The predicted octanol–water partition coefficient (Wildman–Crippen LogP) is 4.03. The predicted molar refractivity (Wildman–Crippen MR) is 131 cm³/mol. The molecule has 1 unspecified atom stereocenters. The average Bonchev–Trinajstić information content (AvgIpc) is 3.38. The SMILES string of the molecule is O=C(Cc1ccccc1)Nc1ccc(C(=O)Nc2ccccc2C(=O)NCC2CCCO2)cc1. The van der Waals surface area contributed by atoms with Crippen LogP contribution in [-0.4, -0.2) is 37.0 Å². The highest BCUT2D eigenvalue weighted by atomic mass is 16.5. The van der Waals surface area contributed by atoms with Crippen LogP contribution in [0.2, 0.25) is 0 Å². The molecule has 0 aliphatic carbocycles. The lowest BCUT2D eigenvalue weighted by molar-refractivity contribution is -0.115. The molecule has 174 valence electrons. The van der Waals surface area contributed by atoms with Crippen molar-refractivity contribution in [2.75, 3.05) is 23.8 Å². The second-order valence-corrected chi connectivity index (χ2v) is 8.13. The van der Waals surface area contributed by atoms with Gasteiger partial charge in [-0.3, -0.25) is 14.4 Å². The van der Waals surface area contributed by atoms with Gasteiger partial charge in [0, 0.05) is 24.4 Å². The van der Waals surface area contributed by atoms with Crippen molar-refractivity contribution < 1.29 is 19.1 Å². The van der Waals surface area contributed by atoms with E-state index < -0.39 is 0 Å². The van der Waals surface area contributed by atoms with E-state index in [0.29, 0.717) is 29.0 Å². The maximum absolute atomic E-state index is 12.8. The molecular weight excluding hydrogens is 430 g/mol. The molecule has 0 spiro atoms. The fourth-order valence-corrected chi connectivity index (χ4v) is 3.78. The van der Waals surface area contributed by atoms with E-state index >= 15 is 0 Å². The number of rotatable bonds is 8. The van der Waals surface area contributed by atoms with E-state index in [-0.39, 0.29) is 30.2 Å². The maximum atomic E-state index is 12.8. The summed E-state index contributed by atoms with van der Waals surface area (Å²) in [5.74, 6) is -0.740. The molecule has 1 atom stereocenters. The number of anilines is 2. The van der Waals surface area contributed by atoms with Crippen molar-refractivity contribution in [2.45, 2.75) is 25.4 Å². The molecule has 0 bridgehead atoms. The molecule has 3 amide bonds. The minimum atomic E-state index is -0.346. The van der Waals surface area contributed by atoms with Gasteiger partial charge in [0.1, 0.15) is 0 Å². The lowest BCUT2D eigenvalue weighted by Crippen LogP contribution is -2.32. The summed E-state index contributed by atoms with van der Waals surface area (Å²) in [4.78, 5) is 37.7. The fraction of sp³-hybridized carbons (Fsp3) is 0.222. The molecule has 3 aromatic rings. The smallest absolute Gasteiger partial charge is 0.255 e. The molecule has 4 rings (SSSR count). The molecule has 1 aliphatic rings. The van der Waals surface area contributed by atoms with Crippen LogP contribution in [0.5, 0.6) is 0 Å². The average molecular weight is 458 g/mol. The number of hydrogen-bond donors (Lipinski definition) is 3. The van der Waals surface area contributed by atoms with Gasteiger partial charge in [-0.05, 0) is 54.8 Å². The number of carbonyl (C=O) groups is 3. The monoisotopic (exact) mass is 457 g/mol. The minimum absolute atomic E-state index is 0.0393. The molecule has 34 heavy (non-hydrogen) atoms. The zero-order valence-electron chi connectivity index (χ0n) is 18.8. The molecule has 0 aromatic heterocycles. The van der Waals surface area contributed by atoms with Gasteiger partial charge in [0.05, 0.1) is 23.8 Å². The van der Waals surface area contributed by atoms with Gasteiger partial charge < -0.3 is 20.7 Å². The number of para-hydroxylation sites is 1. The Morgan fingerprint density at radius 3 is 2.29 bits per heavy atom. The van der Waals surface area contributed by atoms with Crippen LogP contribution in [0.4, 0.5) is 11.4 Å². The number of nitrogens with one attached hydrogen (secondary N) is 3. The number of benzene rings is 3. The Morgan fingerprint density at radius 2 is 1.56 bits per heavy atom. The van der Waals surface area contributed by atoms with Crippen LogP contribution < -0.4 is 16.0 Å². The van der Waals surface area contributed by atoms with E-state index in [1.165, 1.54) is 0 Å². The Labute approximate surface area is 198 Å². The summed E-state index contributed by atoms with van der Waals surface area (Å²) >= 11 is 0. The van der Waals surface area contributed by atoms with E-state index in [0.717, 1.165) is 25.0 Å². The van der Waals surface area contributed by atoms with Crippen LogP contribution in [0.15, 0.2) is 78.9 Å². The molecule has 3 aromatic carbocycles. The van der Waals surface area contributed by atoms with Crippen LogP contribution in [0, 0.1) is 0 Å². The van der Waals surface area contributed by atoms with Crippen molar-refractivity contribution in [3.8, 4) is 0 Å². The van der Waals surface area contributed by atoms with Gasteiger partial charge in [0.15, 0.2) is 0 Å². The fourth-order valence-electron chi connectivity index (χ4n) is 3.78. The summed E-state index contributed by atoms with van der Waals surface area (Å²) in [5.41, 5.74) is 2.76. The highest BCUT2D eigenvalue weighted by molar-refractivity contribution is 6.09. The number of hydrogen-bond acceptors (Lipinski definition) is 4. The summed E-state index contributed by atoms with van der Waals surface area (Å²) in [5, 5.41) is 8.53. The largest absolute Gasteiger partial charge is 0.376 e. The number of ether oxygens (including phenoxy) is 1. The molecule has 3 N–H and O–H groups in total. The Balaban J connectivity index is 1.34. The van der Waals surface area contributed by atoms with Crippen molar-refractivity contribution in [1.82, 2.24) is 5.32 Å². The molecule has 1 fully saturated rings. The number of amides is 3.